The Bertz CT molecular complexity index is 1010. The Hall–Kier alpha value is -2.95. The molecule has 0 N–H and O–H groups in total. The Balaban J connectivity index is 1.90. The SMILES string of the molecule is Cc1ccc2nc(-c3ccc(N(C)C(=O)OC(C)(C)C)c(C)c3)ncc2c1. The van der Waals surface area contributed by atoms with Crippen molar-refractivity contribution < 1.29 is 9.53 Å². The van der Waals surface area contributed by atoms with Gasteiger partial charge in [-0.1, -0.05) is 11.6 Å². The van der Waals surface area contributed by atoms with Crippen molar-refractivity contribution in [2.75, 3.05) is 11.9 Å². The van der Waals surface area contributed by atoms with Gasteiger partial charge in [0.15, 0.2) is 5.82 Å². The molecule has 0 aliphatic carbocycles. The molecule has 0 saturated heterocycles. The largest absolute Gasteiger partial charge is 0.443 e. The molecule has 3 aromatic rings. The maximum Gasteiger partial charge on any atom is 0.414 e. The maximum absolute atomic E-state index is 12.3. The van der Waals surface area contributed by atoms with Crippen molar-refractivity contribution in [2.45, 2.75) is 40.2 Å². The number of benzene rings is 2. The fourth-order valence-electron chi connectivity index (χ4n) is 2.89. The van der Waals surface area contributed by atoms with E-state index in [9.17, 15) is 4.79 Å². The summed E-state index contributed by atoms with van der Waals surface area (Å²) in [5.74, 6) is 0.668. The van der Waals surface area contributed by atoms with Crippen LogP contribution < -0.4 is 4.90 Å². The van der Waals surface area contributed by atoms with Gasteiger partial charge in [0.2, 0.25) is 0 Å². The minimum atomic E-state index is -0.531. The van der Waals surface area contributed by atoms with E-state index in [1.165, 1.54) is 10.5 Å². The van der Waals surface area contributed by atoms with E-state index >= 15 is 0 Å². The number of aromatic nitrogens is 2. The molecule has 27 heavy (non-hydrogen) atoms. The number of fused-ring (bicyclic) bond motifs is 1. The third-order valence-electron chi connectivity index (χ3n) is 4.22. The standard InChI is InChI=1S/C22H25N3O2/c1-14-7-9-18-17(11-14)13-23-20(24-18)16-8-10-19(15(2)12-16)25(6)21(26)27-22(3,4)5/h7-13H,1-6H3. The first kappa shape index (κ1) is 18.8. The Labute approximate surface area is 160 Å². The van der Waals surface area contributed by atoms with Gasteiger partial charge < -0.3 is 4.74 Å². The van der Waals surface area contributed by atoms with Crippen molar-refractivity contribution >= 4 is 22.7 Å². The summed E-state index contributed by atoms with van der Waals surface area (Å²) >= 11 is 0. The molecule has 0 spiro atoms. The van der Waals surface area contributed by atoms with E-state index in [-0.39, 0.29) is 6.09 Å². The fraction of sp³-hybridized carbons (Fsp3) is 0.318. The summed E-state index contributed by atoms with van der Waals surface area (Å²) in [6.45, 7) is 9.58. The third kappa shape index (κ3) is 4.25. The first-order valence-electron chi connectivity index (χ1n) is 8.95. The molecule has 140 valence electrons. The van der Waals surface area contributed by atoms with Crippen molar-refractivity contribution in [1.29, 1.82) is 0 Å². The molecule has 5 nitrogen and oxygen atoms in total. The molecule has 1 amide bonds. The summed E-state index contributed by atoms with van der Waals surface area (Å²) in [5, 5.41) is 1.02. The lowest BCUT2D eigenvalue weighted by atomic mass is 10.1. The second kappa shape index (κ2) is 6.99. The van der Waals surface area contributed by atoms with Gasteiger partial charge in [-0.25, -0.2) is 14.8 Å². The van der Waals surface area contributed by atoms with Gasteiger partial charge in [-0.2, -0.15) is 0 Å². The van der Waals surface area contributed by atoms with Crippen LogP contribution in [0.3, 0.4) is 0 Å². The Morgan fingerprint density at radius 3 is 2.48 bits per heavy atom. The lowest BCUT2D eigenvalue weighted by molar-refractivity contribution is 0.0589. The van der Waals surface area contributed by atoms with Crippen LogP contribution in [0.5, 0.6) is 0 Å². The highest BCUT2D eigenvalue weighted by molar-refractivity contribution is 5.89. The zero-order chi connectivity index (χ0) is 19.8. The highest BCUT2D eigenvalue weighted by Gasteiger charge is 2.21. The molecule has 0 aliphatic heterocycles. The van der Waals surface area contributed by atoms with Crippen LogP contribution in [0, 0.1) is 13.8 Å². The molecule has 0 bridgehead atoms. The molecule has 1 heterocycles. The number of aryl methyl sites for hydroxylation is 2. The number of nitrogens with zero attached hydrogens (tertiary/aromatic N) is 3. The fourth-order valence-corrected chi connectivity index (χ4v) is 2.89. The van der Waals surface area contributed by atoms with Crippen LogP contribution in [0.25, 0.3) is 22.3 Å². The van der Waals surface area contributed by atoms with Crippen molar-refractivity contribution in [3.05, 3.63) is 53.7 Å². The Kier molecular flexibility index (Phi) is 4.87. The van der Waals surface area contributed by atoms with E-state index in [2.05, 4.69) is 23.0 Å². The first-order valence-corrected chi connectivity index (χ1v) is 8.95. The smallest absolute Gasteiger partial charge is 0.414 e. The van der Waals surface area contributed by atoms with E-state index in [4.69, 9.17) is 4.74 Å². The Morgan fingerprint density at radius 2 is 1.81 bits per heavy atom. The van der Waals surface area contributed by atoms with Crippen LogP contribution in [-0.2, 0) is 4.74 Å². The normalized spacial score (nSPS) is 11.5. The lowest BCUT2D eigenvalue weighted by Crippen LogP contribution is -2.34. The zero-order valence-electron chi connectivity index (χ0n) is 16.7. The van der Waals surface area contributed by atoms with E-state index in [0.717, 1.165) is 27.7 Å². The summed E-state index contributed by atoms with van der Waals surface area (Å²) in [5.41, 5.74) is 4.23. The predicted molar refractivity (Wildman–Crippen MR) is 109 cm³/mol. The van der Waals surface area contributed by atoms with Gasteiger partial charge in [-0.3, -0.25) is 4.90 Å². The molecule has 0 radical (unpaired) electrons. The van der Waals surface area contributed by atoms with E-state index in [0.29, 0.717) is 5.82 Å². The minimum absolute atomic E-state index is 0.379. The number of amides is 1. The number of rotatable bonds is 2. The number of hydrogen-bond donors (Lipinski definition) is 0. The summed E-state index contributed by atoms with van der Waals surface area (Å²) in [4.78, 5) is 23.0. The number of carbonyl (C=O) groups is 1. The molecule has 2 aromatic carbocycles. The quantitative estimate of drug-likeness (QED) is 0.621. The number of anilines is 1. The molecule has 1 aromatic heterocycles. The number of hydrogen-bond acceptors (Lipinski definition) is 4. The second-order valence-electron chi connectivity index (χ2n) is 7.80. The third-order valence-corrected chi connectivity index (χ3v) is 4.22. The average Bonchev–Trinajstić information content (AvgIpc) is 2.59. The molecule has 0 saturated carbocycles. The Morgan fingerprint density at radius 1 is 1.07 bits per heavy atom. The van der Waals surface area contributed by atoms with Crippen molar-refractivity contribution in [3.8, 4) is 11.4 Å². The highest BCUT2D eigenvalue weighted by atomic mass is 16.6. The van der Waals surface area contributed by atoms with E-state index in [1.807, 2.05) is 64.2 Å². The molecule has 3 rings (SSSR count). The van der Waals surface area contributed by atoms with E-state index in [1.54, 1.807) is 7.05 Å². The summed E-state index contributed by atoms with van der Waals surface area (Å²) < 4.78 is 5.44. The van der Waals surface area contributed by atoms with Gasteiger partial charge in [0.05, 0.1) is 5.52 Å². The average molecular weight is 363 g/mol. The molecule has 0 aliphatic rings. The van der Waals surface area contributed by atoms with Crippen LogP contribution in [0.15, 0.2) is 42.6 Å². The van der Waals surface area contributed by atoms with E-state index < -0.39 is 5.60 Å². The summed E-state index contributed by atoms with van der Waals surface area (Å²) in [6, 6.07) is 11.9. The predicted octanol–water partition coefficient (Wildman–Crippen LogP) is 5.28. The van der Waals surface area contributed by atoms with Gasteiger partial charge in [-0.15, -0.1) is 0 Å². The number of carbonyl (C=O) groups excluding carboxylic acids is 1. The molecule has 0 fully saturated rings. The summed E-state index contributed by atoms with van der Waals surface area (Å²) in [7, 11) is 1.71. The maximum atomic E-state index is 12.3. The second-order valence-corrected chi connectivity index (χ2v) is 7.80. The monoisotopic (exact) mass is 363 g/mol. The van der Waals surface area contributed by atoms with Gasteiger partial charge in [0, 0.05) is 29.9 Å². The van der Waals surface area contributed by atoms with Crippen LogP contribution >= 0.6 is 0 Å². The van der Waals surface area contributed by atoms with Crippen molar-refractivity contribution in [3.63, 3.8) is 0 Å². The van der Waals surface area contributed by atoms with Gasteiger partial charge in [0.25, 0.3) is 0 Å². The molecule has 0 unspecified atom stereocenters. The van der Waals surface area contributed by atoms with Gasteiger partial charge >= 0.3 is 6.09 Å². The van der Waals surface area contributed by atoms with Gasteiger partial charge in [0.1, 0.15) is 5.60 Å². The molecular weight excluding hydrogens is 338 g/mol. The van der Waals surface area contributed by atoms with Crippen LogP contribution in [0.4, 0.5) is 10.5 Å². The molecule has 0 atom stereocenters. The topological polar surface area (TPSA) is 55.3 Å². The highest BCUT2D eigenvalue weighted by Crippen LogP contribution is 2.27. The van der Waals surface area contributed by atoms with Gasteiger partial charge in [-0.05, 0) is 70.5 Å². The van der Waals surface area contributed by atoms with Crippen LogP contribution in [0.1, 0.15) is 31.9 Å². The first-order chi connectivity index (χ1) is 12.6. The number of ether oxygens (including phenoxy) is 1. The molecular formula is C22H25N3O2. The zero-order valence-corrected chi connectivity index (χ0v) is 16.7. The van der Waals surface area contributed by atoms with Crippen molar-refractivity contribution in [1.82, 2.24) is 9.97 Å². The van der Waals surface area contributed by atoms with Crippen LogP contribution in [-0.4, -0.2) is 28.7 Å². The molecule has 5 heteroatoms. The summed E-state index contributed by atoms with van der Waals surface area (Å²) in [6.07, 6.45) is 1.47. The minimum Gasteiger partial charge on any atom is -0.443 e. The lowest BCUT2D eigenvalue weighted by Gasteiger charge is -2.25. The van der Waals surface area contributed by atoms with Crippen LogP contribution in [0.2, 0.25) is 0 Å². The van der Waals surface area contributed by atoms with Crippen molar-refractivity contribution in [2.24, 2.45) is 0 Å².